The van der Waals surface area contributed by atoms with E-state index < -0.39 is 22.8 Å². The van der Waals surface area contributed by atoms with Crippen molar-refractivity contribution >= 4 is 22.7 Å². The van der Waals surface area contributed by atoms with Gasteiger partial charge in [-0.25, -0.2) is 18.8 Å². The Labute approximate surface area is 203 Å². The Morgan fingerprint density at radius 2 is 2.06 bits per heavy atom. The van der Waals surface area contributed by atoms with Crippen LogP contribution in [-0.2, 0) is 4.74 Å². The summed E-state index contributed by atoms with van der Waals surface area (Å²) in [5, 5.41) is 20.8. The van der Waals surface area contributed by atoms with Crippen molar-refractivity contribution in [2.24, 2.45) is 10.4 Å². The van der Waals surface area contributed by atoms with Crippen LogP contribution in [0.1, 0.15) is 31.6 Å². The number of pyridine rings is 1. The number of ether oxygens (including phenoxy) is 2. The van der Waals surface area contributed by atoms with Gasteiger partial charge in [-0.05, 0) is 18.9 Å². The zero-order chi connectivity index (χ0) is 24.9. The lowest BCUT2D eigenvalue weighted by Crippen LogP contribution is -2.38. The molecule has 6 rings (SSSR count). The molecule has 4 heterocycles. The molecule has 1 saturated carbocycles. The number of aliphatic hydroxyl groups is 1. The lowest BCUT2D eigenvalue weighted by atomic mass is 9.93. The molecule has 2 aliphatic rings. The third-order valence-electron chi connectivity index (χ3n) is 6.14. The fourth-order valence-electron chi connectivity index (χ4n) is 3.85. The molecule has 1 aromatic carbocycles. The van der Waals surface area contributed by atoms with Gasteiger partial charge in [-0.2, -0.15) is 0 Å². The third kappa shape index (κ3) is 4.13. The number of H-pyrrole nitrogens is 1. The van der Waals surface area contributed by atoms with Gasteiger partial charge in [0.1, 0.15) is 18.0 Å². The van der Waals surface area contributed by atoms with E-state index in [1.54, 1.807) is 6.20 Å². The Morgan fingerprint density at radius 3 is 2.75 bits per heavy atom. The van der Waals surface area contributed by atoms with E-state index in [-0.39, 0.29) is 42.5 Å². The van der Waals surface area contributed by atoms with E-state index in [2.05, 4.69) is 30.5 Å². The number of fused-ring (bicyclic) bond motifs is 1. The van der Waals surface area contributed by atoms with Crippen molar-refractivity contribution in [2.75, 3.05) is 25.1 Å². The molecular formula is C24H22F2N6O4. The van der Waals surface area contributed by atoms with E-state index in [4.69, 9.17) is 13.9 Å². The van der Waals surface area contributed by atoms with Gasteiger partial charge < -0.3 is 29.3 Å². The van der Waals surface area contributed by atoms with Gasteiger partial charge in [0.15, 0.2) is 17.4 Å². The number of aromatic nitrogens is 4. The molecule has 10 nitrogen and oxygen atoms in total. The van der Waals surface area contributed by atoms with Crippen LogP contribution >= 0.6 is 0 Å². The average molecular weight is 496 g/mol. The van der Waals surface area contributed by atoms with Crippen molar-refractivity contribution in [3.05, 3.63) is 48.1 Å². The summed E-state index contributed by atoms with van der Waals surface area (Å²) >= 11 is 0. The van der Waals surface area contributed by atoms with Gasteiger partial charge in [0, 0.05) is 41.5 Å². The second kappa shape index (κ2) is 8.55. The van der Waals surface area contributed by atoms with Crippen molar-refractivity contribution in [2.45, 2.75) is 25.7 Å². The van der Waals surface area contributed by atoms with Crippen molar-refractivity contribution in [1.29, 1.82) is 0 Å². The van der Waals surface area contributed by atoms with Gasteiger partial charge in [0.2, 0.25) is 11.8 Å². The number of amidine groups is 1. The van der Waals surface area contributed by atoms with Crippen LogP contribution in [0.3, 0.4) is 0 Å². The van der Waals surface area contributed by atoms with Gasteiger partial charge in [0.05, 0.1) is 24.1 Å². The van der Waals surface area contributed by atoms with Gasteiger partial charge in [-0.3, -0.25) is 0 Å². The zero-order valence-electron chi connectivity index (χ0n) is 19.2. The molecule has 3 aromatic heterocycles. The van der Waals surface area contributed by atoms with E-state index in [1.165, 1.54) is 12.3 Å². The number of nitrogens with zero attached hydrogens (tertiary/aromatic N) is 4. The number of aliphatic hydroxyl groups excluding tert-OH is 1. The second-order valence-corrected chi connectivity index (χ2v) is 9.33. The molecule has 0 saturated heterocycles. The summed E-state index contributed by atoms with van der Waals surface area (Å²) in [7, 11) is 0. The number of benzene rings is 1. The Balaban J connectivity index is 1.28. The van der Waals surface area contributed by atoms with Crippen LogP contribution in [0.25, 0.3) is 22.5 Å². The van der Waals surface area contributed by atoms with Crippen LogP contribution in [0.15, 0.2) is 40.0 Å². The van der Waals surface area contributed by atoms with Gasteiger partial charge in [-0.15, -0.1) is 10.2 Å². The normalized spacial score (nSPS) is 19.7. The predicted molar refractivity (Wildman–Crippen MR) is 125 cm³/mol. The number of nitrogens with one attached hydrogen (secondary N) is 2. The molecule has 1 aliphatic carbocycles. The summed E-state index contributed by atoms with van der Waals surface area (Å²) in [6.07, 6.45) is 5.12. The molecule has 1 atom stereocenters. The van der Waals surface area contributed by atoms with E-state index in [1.807, 2.05) is 6.92 Å². The molecule has 0 amide bonds. The fraction of sp³-hybridized carbons (Fsp3) is 0.333. The monoisotopic (exact) mass is 496 g/mol. The standard InChI is InChI=1S/C24H22F2N6O4/c1-24(10-33)9-29-23(34-11-24)30-13-6-15(25)19(16(26)7-13)35-17-4-5-27-20-18(17)14(8-28-20)22-32-31-21(36-22)12-2-3-12/h4-8,12,33H,2-3,9-11H2,1H3,(H,27,28)(H,29,30). The van der Waals surface area contributed by atoms with E-state index in [0.29, 0.717) is 29.0 Å². The number of anilines is 1. The molecule has 36 heavy (non-hydrogen) atoms. The summed E-state index contributed by atoms with van der Waals surface area (Å²) < 4.78 is 47.0. The summed E-state index contributed by atoms with van der Waals surface area (Å²) in [5.41, 5.74) is 0.570. The highest BCUT2D eigenvalue weighted by Gasteiger charge is 2.31. The number of halogens is 2. The largest absolute Gasteiger partial charge is 0.464 e. The fourth-order valence-corrected chi connectivity index (χ4v) is 3.85. The highest BCUT2D eigenvalue weighted by atomic mass is 19.1. The third-order valence-corrected chi connectivity index (χ3v) is 6.14. The highest BCUT2D eigenvalue weighted by Crippen LogP contribution is 2.42. The number of hydrogen-bond acceptors (Lipinski definition) is 9. The molecule has 12 heteroatoms. The van der Waals surface area contributed by atoms with E-state index in [0.717, 1.165) is 25.0 Å². The van der Waals surface area contributed by atoms with Crippen LogP contribution < -0.4 is 10.1 Å². The minimum Gasteiger partial charge on any atom is -0.464 e. The maximum Gasteiger partial charge on any atom is 0.289 e. The maximum atomic E-state index is 15.0. The Bertz CT molecular complexity index is 1460. The molecule has 4 aromatic rings. The van der Waals surface area contributed by atoms with Crippen LogP contribution in [0.4, 0.5) is 14.5 Å². The topological polar surface area (TPSA) is 131 Å². The Kier molecular flexibility index (Phi) is 5.32. The van der Waals surface area contributed by atoms with Crippen LogP contribution in [0.2, 0.25) is 0 Å². The smallest absolute Gasteiger partial charge is 0.289 e. The molecule has 0 radical (unpaired) electrons. The highest BCUT2D eigenvalue weighted by molar-refractivity contribution is 5.96. The lowest BCUT2D eigenvalue weighted by Gasteiger charge is -2.30. The van der Waals surface area contributed by atoms with Crippen LogP contribution in [0, 0.1) is 17.0 Å². The van der Waals surface area contributed by atoms with Crippen molar-refractivity contribution in [1.82, 2.24) is 20.2 Å². The quantitative estimate of drug-likeness (QED) is 0.359. The molecular weight excluding hydrogens is 474 g/mol. The second-order valence-electron chi connectivity index (χ2n) is 9.33. The molecule has 186 valence electrons. The van der Waals surface area contributed by atoms with E-state index >= 15 is 0 Å². The Morgan fingerprint density at radius 1 is 1.25 bits per heavy atom. The molecule has 1 aliphatic heterocycles. The Hall–Kier alpha value is -4.06. The first-order chi connectivity index (χ1) is 17.4. The molecule has 0 spiro atoms. The van der Waals surface area contributed by atoms with Crippen LogP contribution in [-0.4, -0.2) is 51.1 Å². The van der Waals surface area contributed by atoms with Gasteiger partial charge in [-0.1, -0.05) is 6.92 Å². The minimum atomic E-state index is -0.926. The van der Waals surface area contributed by atoms with Crippen molar-refractivity contribution in [3.8, 4) is 23.0 Å². The first kappa shape index (κ1) is 22.4. The summed E-state index contributed by atoms with van der Waals surface area (Å²) in [5.74, 6) is -1.14. The van der Waals surface area contributed by atoms with Crippen molar-refractivity contribution < 1.29 is 27.8 Å². The first-order valence-corrected chi connectivity index (χ1v) is 11.4. The SMILES string of the molecule is CC1(CO)CN=C(Nc2cc(F)c(Oc3ccnc4[nH]cc(-c5nnc(C6CC6)o5)c34)c(F)c2)OC1. The van der Waals surface area contributed by atoms with Gasteiger partial charge >= 0.3 is 0 Å². The van der Waals surface area contributed by atoms with Crippen molar-refractivity contribution in [3.63, 3.8) is 0 Å². The molecule has 0 bridgehead atoms. The number of hydrogen-bond donors (Lipinski definition) is 3. The van der Waals surface area contributed by atoms with E-state index in [9.17, 15) is 13.9 Å². The average Bonchev–Trinajstić information content (AvgIpc) is 3.44. The number of rotatable bonds is 6. The summed E-state index contributed by atoms with van der Waals surface area (Å²) in [6.45, 7) is 2.28. The van der Waals surface area contributed by atoms with Crippen LogP contribution in [0.5, 0.6) is 11.5 Å². The molecule has 1 fully saturated rings. The molecule has 1 unspecified atom stereocenters. The number of aliphatic imine (C=N–C) groups is 1. The summed E-state index contributed by atoms with van der Waals surface area (Å²) in [4.78, 5) is 11.5. The first-order valence-electron chi connectivity index (χ1n) is 11.4. The molecule has 3 N–H and O–H groups in total. The lowest BCUT2D eigenvalue weighted by molar-refractivity contribution is 0.0706. The predicted octanol–water partition coefficient (Wildman–Crippen LogP) is 4.36. The zero-order valence-corrected chi connectivity index (χ0v) is 19.2. The maximum absolute atomic E-state index is 15.0. The summed E-state index contributed by atoms with van der Waals surface area (Å²) in [6, 6.07) is 3.79. The van der Waals surface area contributed by atoms with Gasteiger partial charge in [0.25, 0.3) is 6.02 Å². The minimum absolute atomic E-state index is 0.0849. The number of aromatic amines is 1.